The van der Waals surface area contributed by atoms with E-state index in [1.54, 1.807) is 12.4 Å². The Morgan fingerprint density at radius 3 is 2.88 bits per heavy atom. The maximum Gasteiger partial charge on any atom is 0.225 e. The van der Waals surface area contributed by atoms with Gasteiger partial charge in [0.15, 0.2) is 0 Å². The molecule has 6 nitrogen and oxygen atoms in total. The van der Waals surface area contributed by atoms with Crippen molar-refractivity contribution in [1.82, 2.24) is 15.0 Å². The lowest BCUT2D eigenvalue weighted by Gasteiger charge is -2.52. The Bertz CT molecular complexity index is 688. The van der Waals surface area contributed by atoms with Crippen molar-refractivity contribution in [2.24, 2.45) is 0 Å². The Morgan fingerprint density at radius 2 is 2.08 bits per heavy atom. The van der Waals surface area contributed by atoms with Crippen LogP contribution in [0.5, 0.6) is 0 Å². The molecule has 0 aromatic carbocycles. The molecule has 1 spiro atoms. The number of pyridine rings is 1. The molecule has 6 heteroatoms. The highest BCUT2D eigenvalue weighted by molar-refractivity contribution is 5.37. The maximum atomic E-state index is 6.10. The number of anilines is 1. The smallest absolute Gasteiger partial charge is 0.225 e. The van der Waals surface area contributed by atoms with Gasteiger partial charge in [0, 0.05) is 31.1 Å². The lowest BCUT2D eigenvalue weighted by Crippen LogP contribution is -2.66. The van der Waals surface area contributed by atoms with E-state index in [2.05, 4.69) is 19.9 Å². The molecule has 0 amide bonds. The predicted molar refractivity (Wildman–Crippen MR) is 89.7 cm³/mol. The van der Waals surface area contributed by atoms with E-state index in [-0.39, 0.29) is 11.7 Å². The first-order valence-corrected chi connectivity index (χ1v) is 8.43. The lowest BCUT2D eigenvalue weighted by molar-refractivity contribution is -0.148. The van der Waals surface area contributed by atoms with Crippen molar-refractivity contribution in [2.75, 3.05) is 24.6 Å². The van der Waals surface area contributed by atoms with Crippen molar-refractivity contribution in [3.63, 3.8) is 0 Å². The highest BCUT2D eigenvalue weighted by Crippen LogP contribution is 2.36. The molecule has 126 valence electrons. The summed E-state index contributed by atoms with van der Waals surface area (Å²) in [7, 11) is 0. The van der Waals surface area contributed by atoms with Gasteiger partial charge in [0.25, 0.3) is 0 Å². The summed E-state index contributed by atoms with van der Waals surface area (Å²) >= 11 is 0. The largest absolute Gasteiger partial charge is 0.372 e. The standard InChI is InChI=1S/C18H22N4O2/c1-14-4-2-5-15(21-14)11-23-16-6-9-24-18(10-16)12-22(13-18)17-19-7-3-8-20-17/h2-5,7-8,16H,6,9-13H2,1H3/t16-/m1/s1. The molecule has 4 rings (SSSR count). The van der Waals surface area contributed by atoms with Crippen LogP contribution in [-0.2, 0) is 16.1 Å². The van der Waals surface area contributed by atoms with E-state index in [1.807, 2.05) is 31.2 Å². The summed E-state index contributed by atoms with van der Waals surface area (Å²) in [5, 5.41) is 0. The van der Waals surface area contributed by atoms with E-state index in [4.69, 9.17) is 9.47 Å². The summed E-state index contributed by atoms with van der Waals surface area (Å²) in [6.45, 7) is 4.98. The van der Waals surface area contributed by atoms with Crippen LogP contribution in [0.4, 0.5) is 5.95 Å². The Morgan fingerprint density at radius 1 is 1.25 bits per heavy atom. The van der Waals surface area contributed by atoms with E-state index in [1.165, 1.54) is 0 Å². The van der Waals surface area contributed by atoms with Gasteiger partial charge in [-0.3, -0.25) is 4.98 Å². The van der Waals surface area contributed by atoms with E-state index < -0.39 is 0 Å². The molecule has 0 aliphatic carbocycles. The number of hydrogen-bond donors (Lipinski definition) is 0. The molecule has 2 aliphatic rings. The minimum Gasteiger partial charge on any atom is -0.372 e. The molecule has 1 atom stereocenters. The first-order chi connectivity index (χ1) is 11.7. The summed E-state index contributed by atoms with van der Waals surface area (Å²) in [5.74, 6) is 0.777. The van der Waals surface area contributed by atoms with Gasteiger partial charge in [-0.2, -0.15) is 0 Å². The second-order valence-electron chi connectivity index (χ2n) is 6.63. The SMILES string of the molecule is Cc1cccc(CO[C@@H]2CCOC3(C2)CN(c2ncccn2)C3)n1. The number of aryl methyl sites for hydroxylation is 1. The fourth-order valence-electron chi connectivity index (χ4n) is 3.47. The normalized spacial score (nSPS) is 22.4. The van der Waals surface area contributed by atoms with Gasteiger partial charge in [0.05, 0.1) is 31.5 Å². The van der Waals surface area contributed by atoms with Crippen LogP contribution in [0.3, 0.4) is 0 Å². The van der Waals surface area contributed by atoms with Gasteiger partial charge in [-0.25, -0.2) is 9.97 Å². The topological polar surface area (TPSA) is 60.4 Å². The molecular formula is C18H22N4O2. The van der Waals surface area contributed by atoms with Crippen LogP contribution in [-0.4, -0.2) is 46.4 Å². The molecule has 2 aromatic heterocycles. The highest BCUT2D eigenvalue weighted by atomic mass is 16.5. The molecule has 0 saturated carbocycles. The molecule has 0 N–H and O–H groups in total. The summed E-state index contributed by atoms with van der Waals surface area (Å²) in [4.78, 5) is 15.3. The Kier molecular flexibility index (Phi) is 4.16. The Hall–Kier alpha value is -2.05. The van der Waals surface area contributed by atoms with Gasteiger partial charge in [-0.05, 0) is 31.5 Å². The van der Waals surface area contributed by atoms with Gasteiger partial charge in [0.2, 0.25) is 5.95 Å². The van der Waals surface area contributed by atoms with Crippen LogP contribution >= 0.6 is 0 Å². The Balaban J connectivity index is 1.32. The number of nitrogens with zero attached hydrogens (tertiary/aromatic N) is 4. The van der Waals surface area contributed by atoms with Crippen LogP contribution in [0.2, 0.25) is 0 Å². The molecule has 2 aromatic rings. The zero-order valence-corrected chi connectivity index (χ0v) is 13.9. The molecule has 0 unspecified atom stereocenters. The molecular weight excluding hydrogens is 304 g/mol. The molecule has 0 radical (unpaired) electrons. The Labute approximate surface area is 141 Å². The molecule has 2 saturated heterocycles. The average Bonchev–Trinajstić information content (AvgIpc) is 2.59. The van der Waals surface area contributed by atoms with Gasteiger partial charge in [-0.15, -0.1) is 0 Å². The molecule has 4 heterocycles. The van der Waals surface area contributed by atoms with Crippen molar-refractivity contribution in [3.05, 3.63) is 48.0 Å². The molecule has 2 fully saturated rings. The molecule has 24 heavy (non-hydrogen) atoms. The van der Waals surface area contributed by atoms with Gasteiger partial charge in [0.1, 0.15) is 5.60 Å². The zero-order chi connectivity index (χ0) is 16.4. The van der Waals surface area contributed by atoms with Crippen molar-refractivity contribution < 1.29 is 9.47 Å². The third-order valence-electron chi connectivity index (χ3n) is 4.65. The lowest BCUT2D eigenvalue weighted by atomic mass is 9.85. The zero-order valence-electron chi connectivity index (χ0n) is 13.9. The molecule has 2 aliphatic heterocycles. The number of ether oxygens (including phenoxy) is 2. The minimum atomic E-state index is -0.109. The number of aromatic nitrogens is 3. The summed E-state index contributed by atoms with van der Waals surface area (Å²) in [6, 6.07) is 7.87. The van der Waals surface area contributed by atoms with E-state index in [0.717, 1.165) is 49.9 Å². The van der Waals surface area contributed by atoms with Crippen molar-refractivity contribution in [2.45, 2.75) is 38.1 Å². The van der Waals surface area contributed by atoms with Crippen LogP contribution < -0.4 is 4.90 Å². The van der Waals surface area contributed by atoms with Crippen molar-refractivity contribution >= 4 is 5.95 Å². The first-order valence-electron chi connectivity index (χ1n) is 8.43. The van der Waals surface area contributed by atoms with E-state index in [9.17, 15) is 0 Å². The molecule has 0 bridgehead atoms. The van der Waals surface area contributed by atoms with Crippen LogP contribution in [0, 0.1) is 6.92 Å². The van der Waals surface area contributed by atoms with Gasteiger partial charge in [-0.1, -0.05) is 6.07 Å². The van der Waals surface area contributed by atoms with Gasteiger partial charge < -0.3 is 14.4 Å². The number of rotatable bonds is 4. The summed E-state index contributed by atoms with van der Waals surface area (Å²) in [6.07, 6.45) is 5.63. The van der Waals surface area contributed by atoms with Crippen molar-refractivity contribution in [3.8, 4) is 0 Å². The quantitative estimate of drug-likeness (QED) is 0.858. The number of hydrogen-bond acceptors (Lipinski definition) is 6. The van der Waals surface area contributed by atoms with E-state index in [0.29, 0.717) is 6.61 Å². The van der Waals surface area contributed by atoms with Gasteiger partial charge >= 0.3 is 0 Å². The third kappa shape index (κ3) is 3.25. The maximum absolute atomic E-state index is 6.10. The monoisotopic (exact) mass is 326 g/mol. The van der Waals surface area contributed by atoms with Crippen LogP contribution in [0.1, 0.15) is 24.2 Å². The second-order valence-corrected chi connectivity index (χ2v) is 6.63. The van der Waals surface area contributed by atoms with Crippen LogP contribution in [0.15, 0.2) is 36.7 Å². The van der Waals surface area contributed by atoms with Crippen LogP contribution in [0.25, 0.3) is 0 Å². The second kappa shape index (κ2) is 6.45. The third-order valence-corrected chi connectivity index (χ3v) is 4.65. The summed E-state index contributed by atoms with van der Waals surface area (Å²) in [5.41, 5.74) is 1.91. The average molecular weight is 326 g/mol. The highest BCUT2D eigenvalue weighted by Gasteiger charge is 2.48. The minimum absolute atomic E-state index is 0.109. The fraction of sp³-hybridized carbons (Fsp3) is 0.500. The first kappa shape index (κ1) is 15.5. The van der Waals surface area contributed by atoms with E-state index >= 15 is 0 Å². The van der Waals surface area contributed by atoms with Crippen molar-refractivity contribution in [1.29, 1.82) is 0 Å². The predicted octanol–water partition coefficient (Wildman–Crippen LogP) is 2.13. The fourth-order valence-corrected chi connectivity index (χ4v) is 3.47. The summed E-state index contributed by atoms with van der Waals surface area (Å²) < 4.78 is 12.2.